The lowest BCUT2D eigenvalue weighted by Crippen LogP contribution is -2.35. The number of hydrogen-bond donors (Lipinski definition) is 1. The monoisotopic (exact) mass is 290 g/mol. The van der Waals surface area contributed by atoms with Crippen molar-refractivity contribution in [3.05, 3.63) is 23.9 Å². The summed E-state index contributed by atoms with van der Waals surface area (Å²) in [6.07, 6.45) is 5.30. The number of likely N-dealkylation sites (tertiary alicyclic amines) is 1. The van der Waals surface area contributed by atoms with Crippen molar-refractivity contribution >= 4 is 11.7 Å². The van der Waals surface area contributed by atoms with E-state index in [1.54, 1.807) is 11.1 Å². The molecule has 1 aliphatic heterocycles. The van der Waals surface area contributed by atoms with Crippen molar-refractivity contribution in [2.45, 2.75) is 26.2 Å². The Morgan fingerprint density at radius 1 is 1.43 bits per heavy atom. The molecule has 0 saturated carbocycles. The fourth-order valence-corrected chi connectivity index (χ4v) is 2.57. The molecule has 1 N–H and O–H groups in total. The lowest BCUT2D eigenvalue weighted by Gasteiger charge is -2.22. The first-order valence-electron chi connectivity index (χ1n) is 7.89. The van der Waals surface area contributed by atoms with Gasteiger partial charge in [0.2, 0.25) is 0 Å². The van der Waals surface area contributed by atoms with Crippen LogP contribution in [-0.2, 0) is 0 Å². The molecule has 0 bridgehead atoms. The maximum atomic E-state index is 12.6. The van der Waals surface area contributed by atoms with Crippen LogP contribution in [0.15, 0.2) is 18.3 Å². The van der Waals surface area contributed by atoms with Gasteiger partial charge in [0.05, 0.1) is 5.56 Å². The Hall–Kier alpha value is -1.62. The molecule has 1 aromatic rings. The third kappa shape index (κ3) is 4.43. The first kappa shape index (κ1) is 15.8. The minimum absolute atomic E-state index is 0.0425. The van der Waals surface area contributed by atoms with Crippen LogP contribution < -0.4 is 5.32 Å². The molecule has 2 rings (SSSR count). The van der Waals surface area contributed by atoms with Crippen molar-refractivity contribution in [2.24, 2.45) is 0 Å². The van der Waals surface area contributed by atoms with Crippen LogP contribution in [0.3, 0.4) is 0 Å². The van der Waals surface area contributed by atoms with Crippen LogP contribution >= 0.6 is 0 Å². The lowest BCUT2D eigenvalue weighted by atomic mass is 10.2. The van der Waals surface area contributed by atoms with Gasteiger partial charge in [-0.15, -0.1) is 0 Å². The second kappa shape index (κ2) is 7.98. The Morgan fingerprint density at radius 3 is 2.90 bits per heavy atom. The van der Waals surface area contributed by atoms with E-state index in [-0.39, 0.29) is 5.91 Å². The van der Waals surface area contributed by atoms with Crippen LogP contribution in [0.5, 0.6) is 0 Å². The van der Waals surface area contributed by atoms with E-state index < -0.39 is 0 Å². The molecular formula is C16H26N4O. The largest absolute Gasteiger partial charge is 0.369 e. The third-order valence-electron chi connectivity index (χ3n) is 3.88. The van der Waals surface area contributed by atoms with Crippen LogP contribution in [0.25, 0.3) is 0 Å². The van der Waals surface area contributed by atoms with Crippen molar-refractivity contribution in [3.63, 3.8) is 0 Å². The number of rotatable bonds is 7. The Bertz CT molecular complexity index is 457. The smallest absolute Gasteiger partial charge is 0.257 e. The molecule has 0 unspecified atom stereocenters. The van der Waals surface area contributed by atoms with Gasteiger partial charge in [0.1, 0.15) is 5.82 Å². The predicted octanol–water partition coefficient (Wildman–Crippen LogP) is 2.07. The molecule has 0 aliphatic carbocycles. The summed E-state index contributed by atoms with van der Waals surface area (Å²) in [6.45, 7) is 6.98. The molecule has 5 heteroatoms. The summed E-state index contributed by atoms with van der Waals surface area (Å²) in [5.74, 6) is 0.735. The van der Waals surface area contributed by atoms with Gasteiger partial charge >= 0.3 is 0 Å². The molecule has 0 spiro atoms. The van der Waals surface area contributed by atoms with E-state index in [4.69, 9.17) is 0 Å². The topological polar surface area (TPSA) is 48.5 Å². The van der Waals surface area contributed by atoms with Crippen LogP contribution in [0.4, 0.5) is 5.82 Å². The SMILES string of the molecule is CCCNc1ncccc1C(=O)N(C)CCN1CCCC1. The molecule has 2 heterocycles. The zero-order valence-electron chi connectivity index (χ0n) is 13.1. The molecule has 1 amide bonds. The summed E-state index contributed by atoms with van der Waals surface area (Å²) >= 11 is 0. The highest BCUT2D eigenvalue weighted by Gasteiger charge is 2.18. The van der Waals surface area contributed by atoms with Crippen molar-refractivity contribution in [1.82, 2.24) is 14.8 Å². The molecule has 1 fully saturated rings. The van der Waals surface area contributed by atoms with E-state index in [9.17, 15) is 4.79 Å². The fraction of sp³-hybridized carbons (Fsp3) is 0.625. The summed E-state index contributed by atoms with van der Waals surface area (Å²) in [5.41, 5.74) is 0.662. The highest BCUT2D eigenvalue weighted by Crippen LogP contribution is 2.14. The van der Waals surface area contributed by atoms with Crippen molar-refractivity contribution in [1.29, 1.82) is 0 Å². The fourth-order valence-electron chi connectivity index (χ4n) is 2.57. The average Bonchev–Trinajstić information content (AvgIpc) is 3.03. The van der Waals surface area contributed by atoms with Gasteiger partial charge in [0, 0.05) is 32.9 Å². The average molecular weight is 290 g/mol. The van der Waals surface area contributed by atoms with Crippen molar-refractivity contribution in [2.75, 3.05) is 45.1 Å². The van der Waals surface area contributed by atoms with Gasteiger partial charge < -0.3 is 15.1 Å². The number of nitrogens with zero attached hydrogens (tertiary/aromatic N) is 3. The second-order valence-electron chi connectivity index (χ2n) is 5.60. The summed E-state index contributed by atoms with van der Waals surface area (Å²) in [4.78, 5) is 21.1. The lowest BCUT2D eigenvalue weighted by molar-refractivity contribution is 0.0783. The normalized spacial score (nSPS) is 15.1. The van der Waals surface area contributed by atoms with Crippen LogP contribution in [-0.4, -0.2) is 60.5 Å². The first-order valence-corrected chi connectivity index (χ1v) is 7.89. The Labute approximate surface area is 127 Å². The van der Waals surface area contributed by atoms with Gasteiger partial charge in [-0.25, -0.2) is 4.98 Å². The van der Waals surface area contributed by atoms with Crippen LogP contribution in [0.1, 0.15) is 36.5 Å². The Kier molecular flexibility index (Phi) is 5.99. The van der Waals surface area contributed by atoms with E-state index in [2.05, 4.69) is 22.1 Å². The second-order valence-corrected chi connectivity index (χ2v) is 5.60. The minimum Gasteiger partial charge on any atom is -0.369 e. The maximum absolute atomic E-state index is 12.6. The standard InChI is InChI=1S/C16H26N4O/c1-3-8-17-15-14(7-6-9-18-15)16(21)19(2)12-13-20-10-4-5-11-20/h6-7,9H,3-5,8,10-13H2,1-2H3,(H,17,18). The van der Waals surface area contributed by atoms with Gasteiger partial charge in [-0.2, -0.15) is 0 Å². The minimum atomic E-state index is 0.0425. The number of carbonyl (C=O) groups is 1. The first-order chi connectivity index (χ1) is 10.2. The summed E-state index contributed by atoms with van der Waals surface area (Å²) in [6, 6.07) is 3.67. The van der Waals surface area contributed by atoms with E-state index in [0.29, 0.717) is 11.4 Å². The molecule has 5 nitrogen and oxygen atoms in total. The quantitative estimate of drug-likeness (QED) is 0.835. The number of carbonyl (C=O) groups excluding carboxylic acids is 1. The highest BCUT2D eigenvalue weighted by molar-refractivity contribution is 5.98. The van der Waals surface area contributed by atoms with Crippen molar-refractivity contribution < 1.29 is 4.79 Å². The molecular weight excluding hydrogens is 264 g/mol. The molecule has 0 aromatic carbocycles. The molecule has 0 radical (unpaired) electrons. The van der Waals surface area contributed by atoms with E-state index in [1.807, 2.05) is 19.2 Å². The predicted molar refractivity (Wildman–Crippen MR) is 85.7 cm³/mol. The van der Waals surface area contributed by atoms with Crippen molar-refractivity contribution in [3.8, 4) is 0 Å². The van der Waals surface area contributed by atoms with Gasteiger partial charge in [-0.1, -0.05) is 6.92 Å². The molecule has 1 aromatic heterocycles. The maximum Gasteiger partial charge on any atom is 0.257 e. The highest BCUT2D eigenvalue weighted by atomic mass is 16.2. The zero-order chi connectivity index (χ0) is 15.1. The number of aromatic nitrogens is 1. The van der Waals surface area contributed by atoms with Gasteiger partial charge in [0.15, 0.2) is 0 Å². The summed E-state index contributed by atoms with van der Waals surface area (Å²) in [5, 5.41) is 3.23. The van der Waals surface area contributed by atoms with E-state index in [1.165, 1.54) is 12.8 Å². The summed E-state index contributed by atoms with van der Waals surface area (Å²) in [7, 11) is 1.87. The molecule has 21 heavy (non-hydrogen) atoms. The number of hydrogen-bond acceptors (Lipinski definition) is 4. The summed E-state index contributed by atoms with van der Waals surface area (Å²) < 4.78 is 0. The van der Waals surface area contributed by atoms with Crippen LogP contribution in [0, 0.1) is 0 Å². The van der Waals surface area contributed by atoms with Gasteiger partial charge in [-0.3, -0.25) is 4.79 Å². The number of likely N-dealkylation sites (N-methyl/N-ethyl adjacent to an activating group) is 1. The number of nitrogens with one attached hydrogen (secondary N) is 1. The molecule has 1 aliphatic rings. The number of amides is 1. The molecule has 0 atom stereocenters. The van der Waals surface area contributed by atoms with Crippen LogP contribution in [0.2, 0.25) is 0 Å². The Balaban J connectivity index is 1.94. The molecule has 116 valence electrons. The number of pyridine rings is 1. The Morgan fingerprint density at radius 2 is 2.19 bits per heavy atom. The van der Waals surface area contributed by atoms with Gasteiger partial charge in [-0.05, 0) is 44.5 Å². The van der Waals surface area contributed by atoms with E-state index >= 15 is 0 Å². The molecule has 1 saturated heterocycles. The zero-order valence-corrected chi connectivity index (χ0v) is 13.1. The van der Waals surface area contributed by atoms with Gasteiger partial charge in [0.25, 0.3) is 5.91 Å². The number of anilines is 1. The third-order valence-corrected chi connectivity index (χ3v) is 3.88. The van der Waals surface area contributed by atoms with E-state index in [0.717, 1.165) is 39.1 Å².